The summed E-state index contributed by atoms with van der Waals surface area (Å²) in [6, 6.07) is 3.60. The van der Waals surface area contributed by atoms with Crippen LogP contribution in [0.1, 0.15) is 102 Å². The fourth-order valence-electron chi connectivity index (χ4n) is 7.84. The maximum atomic E-state index is 15.5. The number of anilines is 1. The molecule has 6 nitrogen and oxygen atoms in total. The Morgan fingerprint density at radius 2 is 1.61 bits per heavy atom. The molecular formula is C31H47FN4O2. The fraction of sp³-hybridized carbons (Fsp3) is 0.742. The van der Waals surface area contributed by atoms with Gasteiger partial charge in [-0.3, -0.25) is 14.5 Å². The number of benzene rings is 1. The highest BCUT2D eigenvalue weighted by atomic mass is 19.1. The van der Waals surface area contributed by atoms with Crippen LogP contribution in [0.5, 0.6) is 0 Å². The summed E-state index contributed by atoms with van der Waals surface area (Å²) in [6.07, 6.45) is 14.0. The van der Waals surface area contributed by atoms with Crippen LogP contribution in [0.4, 0.5) is 10.1 Å². The lowest BCUT2D eigenvalue weighted by atomic mass is 9.68. The van der Waals surface area contributed by atoms with Crippen molar-refractivity contribution in [3.8, 4) is 0 Å². The van der Waals surface area contributed by atoms with Gasteiger partial charge in [0.1, 0.15) is 11.9 Å². The Hall–Kier alpha value is -2.15. The first-order chi connectivity index (χ1) is 18.4. The molecule has 1 aromatic carbocycles. The van der Waals surface area contributed by atoms with E-state index < -0.39 is 11.5 Å². The molecule has 0 radical (unpaired) electrons. The van der Waals surface area contributed by atoms with Gasteiger partial charge in [-0.1, -0.05) is 51.0 Å². The van der Waals surface area contributed by atoms with Crippen molar-refractivity contribution in [2.45, 2.75) is 121 Å². The summed E-state index contributed by atoms with van der Waals surface area (Å²) in [5, 5.41) is 7.02. The fourth-order valence-corrected chi connectivity index (χ4v) is 7.84. The third-order valence-corrected chi connectivity index (χ3v) is 9.98. The van der Waals surface area contributed by atoms with E-state index in [1.165, 1.54) is 19.3 Å². The van der Waals surface area contributed by atoms with Crippen LogP contribution in [-0.4, -0.2) is 65.9 Å². The second-order valence-electron chi connectivity index (χ2n) is 12.4. The number of piperazine rings is 1. The number of halogens is 1. The number of carbonyl (C=O) groups is 2. The van der Waals surface area contributed by atoms with E-state index in [0.29, 0.717) is 6.04 Å². The third kappa shape index (κ3) is 5.59. The molecule has 2 heterocycles. The summed E-state index contributed by atoms with van der Waals surface area (Å²) in [5.74, 6) is 0.0432. The lowest BCUT2D eigenvalue weighted by Gasteiger charge is -2.43. The maximum Gasteiger partial charge on any atom is 0.243 e. The molecule has 210 valence electrons. The van der Waals surface area contributed by atoms with Crippen molar-refractivity contribution in [2.75, 3.05) is 31.5 Å². The Balaban J connectivity index is 1.32. The zero-order valence-electron chi connectivity index (χ0n) is 23.5. The van der Waals surface area contributed by atoms with E-state index in [4.69, 9.17) is 0 Å². The van der Waals surface area contributed by atoms with E-state index in [1.807, 2.05) is 17.9 Å². The summed E-state index contributed by atoms with van der Waals surface area (Å²) in [4.78, 5) is 30.3. The number of nitrogens with zero attached hydrogens (tertiary/aromatic N) is 2. The normalized spacial score (nSPS) is 28.4. The van der Waals surface area contributed by atoms with Gasteiger partial charge in [-0.25, -0.2) is 4.39 Å². The highest BCUT2D eigenvalue weighted by Gasteiger charge is 2.52. The standard InChI is InChI=1S/C31H47FN4O2/c1-22-13-14-26(32)27-28(22)34-29(31(27)15-8-6-4-3-5-7-9-16-31)30(38)33-24-11-10-12-25(21-24)36-19-17-35(18-20-36)23(2)37/h13-14,24-25,29,34H,3-12,15-21H2,1-2H3,(H,33,38)/t24-,25+,29?/m1/s1. The molecule has 3 atom stereocenters. The van der Waals surface area contributed by atoms with Gasteiger partial charge in [-0.2, -0.15) is 0 Å². The number of amides is 2. The van der Waals surface area contributed by atoms with Gasteiger partial charge >= 0.3 is 0 Å². The molecule has 2 aliphatic carbocycles. The minimum absolute atomic E-state index is 0.0455. The van der Waals surface area contributed by atoms with Crippen LogP contribution in [-0.2, 0) is 15.0 Å². The predicted octanol–water partition coefficient (Wildman–Crippen LogP) is 5.28. The minimum atomic E-state index is -0.482. The van der Waals surface area contributed by atoms with Crippen LogP contribution in [0.3, 0.4) is 0 Å². The lowest BCUT2D eigenvalue weighted by Crippen LogP contribution is -2.56. The molecule has 1 aromatic rings. The molecule has 2 amide bonds. The number of aryl methyl sites for hydroxylation is 1. The zero-order valence-corrected chi connectivity index (χ0v) is 23.5. The van der Waals surface area contributed by atoms with E-state index >= 15 is 4.39 Å². The van der Waals surface area contributed by atoms with E-state index in [1.54, 1.807) is 13.0 Å². The van der Waals surface area contributed by atoms with Gasteiger partial charge in [0.15, 0.2) is 0 Å². The molecule has 1 saturated heterocycles. The minimum Gasteiger partial charge on any atom is -0.372 e. The molecule has 2 saturated carbocycles. The first kappa shape index (κ1) is 27.4. The average molecular weight is 527 g/mol. The molecule has 3 fully saturated rings. The van der Waals surface area contributed by atoms with E-state index in [0.717, 1.165) is 107 Å². The van der Waals surface area contributed by atoms with Crippen LogP contribution in [0, 0.1) is 12.7 Å². The third-order valence-electron chi connectivity index (χ3n) is 9.98. The first-order valence-electron chi connectivity index (χ1n) is 15.2. The number of rotatable bonds is 3. The van der Waals surface area contributed by atoms with Crippen molar-refractivity contribution < 1.29 is 14.0 Å². The van der Waals surface area contributed by atoms with E-state index in [2.05, 4.69) is 15.5 Å². The average Bonchev–Trinajstić information content (AvgIpc) is 3.26. The summed E-state index contributed by atoms with van der Waals surface area (Å²) in [7, 11) is 0. The van der Waals surface area contributed by atoms with Crippen molar-refractivity contribution in [3.63, 3.8) is 0 Å². The van der Waals surface area contributed by atoms with Gasteiger partial charge < -0.3 is 15.5 Å². The largest absolute Gasteiger partial charge is 0.372 e. The van der Waals surface area contributed by atoms with Crippen LogP contribution < -0.4 is 10.6 Å². The smallest absolute Gasteiger partial charge is 0.243 e. The molecule has 0 aromatic heterocycles. The van der Waals surface area contributed by atoms with Crippen molar-refractivity contribution in [3.05, 3.63) is 29.1 Å². The monoisotopic (exact) mass is 526 g/mol. The van der Waals surface area contributed by atoms with Gasteiger partial charge in [0, 0.05) is 61.9 Å². The zero-order chi connectivity index (χ0) is 26.7. The summed E-state index contributed by atoms with van der Waals surface area (Å²) < 4.78 is 15.5. The van der Waals surface area contributed by atoms with E-state index in [9.17, 15) is 9.59 Å². The Morgan fingerprint density at radius 1 is 0.947 bits per heavy atom. The van der Waals surface area contributed by atoms with Crippen LogP contribution in [0.25, 0.3) is 0 Å². The molecule has 1 spiro atoms. The second-order valence-corrected chi connectivity index (χ2v) is 12.4. The Labute approximate surface area is 228 Å². The maximum absolute atomic E-state index is 15.5. The van der Waals surface area contributed by atoms with Crippen molar-refractivity contribution >= 4 is 17.5 Å². The van der Waals surface area contributed by atoms with E-state index in [-0.39, 0.29) is 23.7 Å². The predicted molar refractivity (Wildman–Crippen MR) is 150 cm³/mol. The second kappa shape index (κ2) is 11.9. The van der Waals surface area contributed by atoms with Crippen LogP contribution >= 0.6 is 0 Å². The Bertz CT molecular complexity index is 996. The summed E-state index contributed by atoms with van der Waals surface area (Å²) in [6.45, 7) is 7.08. The van der Waals surface area contributed by atoms with Crippen molar-refractivity contribution in [2.24, 2.45) is 0 Å². The van der Waals surface area contributed by atoms with Gasteiger partial charge in [-0.15, -0.1) is 0 Å². The van der Waals surface area contributed by atoms with Gasteiger partial charge in [0.25, 0.3) is 0 Å². The summed E-state index contributed by atoms with van der Waals surface area (Å²) in [5.41, 5.74) is 2.16. The van der Waals surface area contributed by atoms with Crippen LogP contribution in [0.2, 0.25) is 0 Å². The molecule has 0 bridgehead atoms. The molecule has 4 aliphatic rings. The number of nitrogens with one attached hydrogen (secondary N) is 2. The number of hydrogen-bond acceptors (Lipinski definition) is 4. The Kier molecular flexibility index (Phi) is 8.61. The first-order valence-corrected chi connectivity index (χ1v) is 15.2. The van der Waals surface area contributed by atoms with Crippen molar-refractivity contribution in [1.29, 1.82) is 0 Å². The summed E-state index contributed by atoms with van der Waals surface area (Å²) >= 11 is 0. The Morgan fingerprint density at radius 3 is 2.26 bits per heavy atom. The topological polar surface area (TPSA) is 64.7 Å². The molecule has 7 heteroatoms. The van der Waals surface area contributed by atoms with Crippen molar-refractivity contribution in [1.82, 2.24) is 15.1 Å². The molecule has 2 N–H and O–H groups in total. The molecule has 5 rings (SSSR count). The highest BCUT2D eigenvalue weighted by molar-refractivity contribution is 5.91. The number of hydrogen-bond donors (Lipinski definition) is 2. The molecular weight excluding hydrogens is 479 g/mol. The lowest BCUT2D eigenvalue weighted by molar-refractivity contribution is -0.131. The van der Waals surface area contributed by atoms with Gasteiger partial charge in [-0.05, 0) is 57.1 Å². The highest BCUT2D eigenvalue weighted by Crippen LogP contribution is 2.51. The molecule has 38 heavy (non-hydrogen) atoms. The quantitative estimate of drug-likeness (QED) is 0.562. The number of carbonyl (C=O) groups excluding carboxylic acids is 2. The molecule has 2 aliphatic heterocycles. The van der Waals surface area contributed by atoms with Gasteiger partial charge in [0.05, 0.1) is 0 Å². The molecule has 1 unspecified atom stereocenters. The van der Waals surface area contributed by atoms with Crippen LogP contribution in [0.15, 0.2) is 12.1 Å². The van der Waals surface area contributed by atoms with Gasteiger partial charge in [0.2, 0.25) is 11.8 Å². The SMILES string of the molecule is CC(=O)N1CCN([C@H]2CCC[C@@H](NC(=O)C3Nc4c(C)ccc(F)c4C34CCCCCCCCC4)C2)CC1. The number of fused-ring (bicyclic) bond motifs is 2.